The number of nitrogens with zero attached hydrogens (tertiary/aromatic N) is 1. The number of aliphatic imine (C=N–C) groups is 1. The summed E-state index contributed by atoms with van der Waals surface area (Å²) in [5.41, 5.74) is 0.498. The second-order valence-corrected chi connectivity index (χ2v) is 7.04. The van der Waals surface area contributed by atoms with E-state index in [1.165, 1.54) is 29.6 Å². The van der Waals surface area contributed by atoms with Gasteiger partial charge in [0.15, 0.2) is 0 Å². The molecule has 2 atom stereocenters. The van der Waals surface area contributed by atoms with Crippen LogP contribution in [0.15, 0.2) is 47.1 Å². The number of thioether (sulfide) groups is 2. The summed E-state index contributed by atoms with van der Waals surface area (Å²) in [6.45, 7) is 3.69. The minimum Gasteiger partial charge on any atom is -0.465 e. The topological polar surface area (TPSA) is 85.2 Å². The quantitative estimate of drug-likeness (QED) is 0.304. The first-order valence-electron chi connectivity index (χ1n) is 8.43. The first-order chi connectivity index (χ1) is 13.0. The highest BCUT2D eigenvalue weighted by Crippen LogP contribution is 2.27. The minimum atomic E-state index is -1.18. The fourth-order valence-corrected chi connectivity index (χ4v) is 3.23. The van der Waals surface area contributed by atoms with Crippen molar-refractivity contribution in [1.29, 1.82) is 0 Å². The fourth-order valence-electron chi connectivity index (χ4n) is 2.18. The summed E-state index contributed by atoms with van der Waals surface area (Å²) in [6.07, 6.45) is 3.80. The first kappa shape index (κ1) is 23.3. The number of benzene rings is 1. The molecule has 0 spiro atoms. The van der Waals surface area contributed by atoms with Crippen molar-refractivity contribution in [3.8, 4) is 0 Å². The molecule has 148 valence electrons. The Bertz CT molecular complexity index is 670. The number of carbonyl (C=O) groups is 2. The number of rotatable bonds is 8. The van der Waals surface area contributed by atoms with E-state index in [2.05, 4.69) is 4.99 Å². The molecule has 8 heteroatoms. The molecule has 0 aliphatic rings. The maximum absolute atomic E-state index is 12.5. The van der Waals surface area contributed by atoms with Gasteiger partial charge in [-0.15, -0.1) is 23.5 Å². The summed E-state index contributed by atoms with van der Waals surface area (Å²) >= 11 is 2.74. The van der Waals surface area contributed by atoms with Crippen LogP contribution in [-0.4, -0.2) is 47.1 Å². The summed E-state index contributed by atoms with van der Waals surface area (Å²) in [7, 11) is 0. The van der Waals surface area contributed by atoms with Gasteiger partial charge in [0.1, 0.15) is 16.0 Å². The summed E-state index contributed by atoms with van der Waals surface area (Å²) in [5.74, 6) is -2.39. The third-order valence-electron chi connectivity index (χ3n) is 3.42. The molecule has 0 aliphatic carbocycles. The summed E-state index contributed by atoms with van der Waals surface area (Å²) < 4.78 is 10.8. The van der Waals surface area contributed by atoms with E-state index in [9.17, 15) is 14.7 Å². The SMILES string of the molecule is CCOC(=O)/C(=C/[C@@H](C(=O)OCC)[C@H](O)c1ccccc1)N=C(SC)SC. The van der Waals surface area contributed by atoms with Crippen LogP contribution in [0.5, 0.6) is 0 Å². The molecule has 0 heterocycles. The van der Waals surface area contributed by atoms with Crippen molar-refractivity contribution < 1.29 is 24.2 Å². The number of carbonyl (C=O) groups excluding carboxylic acids is 2. The van der Waals surface area contributed by atoms with Crippen LogP contribution in [0.3, 0.4) is 0 Å². The standard InChI is InChI=1S/C19H25NO5S2/c1-5-24-17(22)14(16(21)13-10-8-7-9-11-13)12-15(18(23)25-6-2)20-19(26-3)27-4/h7-12,14,16,21H,5-6H2,1-4H3/b15-12-/t14-,16-/m1/s1. The summed E-state index contributed by atoms with van der Waals surface area (Å²) in [4.78, 5) is 29.1. The van der Waals surface area contributed by atoms with Crippen molar-refractivity contribution in [3.05, 3.63) is 47.7 Å². The molecule has 27 heavy (non-hydrogen) atoms. The maximum atomic E-state index is 12.5. The van der Waals surface area contributed by atoms with Gasteiger partial charge in [0.05, 0.1) is 19.3 Å². The smallest absolute Gasteiger partial charge is 0.356 e. The van der Waals surface area contributed by atoms with Gasteiger partial charge in [-0.2, -0.15) is 0 Å². The van der Waals surface area contributed by atoms with Crippen LogP contribution in [0.2, 0.25) is 0 Å². The normalized spacial score (nSPS) is 13.4. The lowest BCUT2D eigenvalue weighted by molar-refractivity contribution is -0.149. The number of hydrogen-bond acceptors (Lipinski definition) is 8. The Morgan fingerprint density at radius 2 is 1.70 bits per heavy atom. The second-order valence-electron chi connectivity index (χ2n) is 5.19. The van der Waals surface area contributed by atoms with Crippen LogP contribution in [0.4, 0.5) is 0 Å². The van der Waals surface area contributed by atoms with Crippen molar-refractivity contribution >= 4 is 39.8 Å². The molecule has 0 saturated heterocycles. The Hall–Kier alpha value is -1.77. The van der Waals surface area contributed by atoms with E-state index in [1.807, 2.05) is 18.6 Å². The van der Waals surface area contributed by atoms with Gasteiger partial charge >= 0.3 is 11.9 Å². The molecule has 0 radical (unpaired) electrons. The second kappa shape index (κ2) is 12.6. The lowest BCUT2D eigenvalue weighted by Gasteiger charge is -2.19. The van der Waals surface area contributed by atoms with Gasteiger partial charge in [0, 0.05) is 0 Å². The van der Waals surface area contributed by atoms with Crippen LogP contribution in [0, 0.1) is 5.92 Å². The lowest BCUT2D eigenvalue weighted by Crippen LogP contribution is -2.24. The monoisotopic (exact) mass is 411 g/mol. The van der Waals surface area contributed by atoms with E-state index >= 15 is 0 Å². The van der Waals surface area contributed by atoms with Gasteiger partial charge in [-0.05, 0) is 38.0 Å². The third kappa shape index (κ3) is 7.40. The van der Waals surface area contributed by atoms with Crippen molar-refractivity contribution in [3.63, 3.8) is 0 Å². The molecule has 1 aromatic carbocycles. The van der Waals surface area contributed by atoms with Crippen LogP contribution < -0.4 is 0 Å². The molecular weight excluding hydrogens is 386 g/mol. The molecule has 0 aliphatic heterocycles. The average Bonchev–Trinajstić information content (AvgIpc) is 2.68. The van der Waals surface area contributed by atoms with E-state index in [1.54, 1.807) is 38.1 Å². The van der Waals surface area contributed by atoms with Gasteiger partial charge in [0.2, 0.25) is 0 Å². The Kier molecular flexibility index (Phi) is 10.8. The van der Waals surface area contributed by atoms with Gasteiger partial charge in [-0.3, -0.25) is 4.79 Å². The van der Waals surface area contributed by atoms with Crippen molar-refractivity contribution in [1.82, 2.24) is 0 Å². The highest BCUT2D eigenvalue weighted by molar-refractivity contribution is 8.38. The van der Waals surface area contributed by atoms with Crippen LogP contribution in [-0.2, 0) is 19.1 Å². The first-order valence-corrected chi connectivity index (χ1v) is 10.9. The zero-order valence-electron chi connectivity index (χ0n) is 15.9. The number of aliphatic hydroxyl groups is 1. The highest BCUT2D eigenvalue weighted by Gasteiger charge is 2.29. The van der Waals surface area contributed by atoms with Crippen molar-refractivity contribution in [2.75, 3.05) is 25.7 Å². The third-order valence-corrected chi connectivity index (χ3v) is 5.30. The molecule has 1 N–H and O–H groups in total. The summed E-state index contributed by atoms with van der Waals surface area (Å²) in [5, 5.41) is 10.7. The van der Waals surface area contributed by atoms with E-state index in [4.69, 9.17) is 9.47 Å². The van der Waals surface area contributed by atoms with Gasteiger partial charge < -0.3 is 14.6 Å². The Morgan fingerprint density at radius 3 is 2.22 bits per heavy atom. The zero-order chi connectivity index (χ0) is 20.2. The molecule has 0 bridgehead atoms. The molecule has 0 unspecified atom stereocenters. The van der Waals surface area contributed by atoms with E-state index in [0.717, 1.165) is 0 Å². The van der Waals surface area contributed by atoms with Crippen LogP contribution in [0.25, 0.3) is 0 Å². The molecule has 1 rings (SSSR count). The van der Waals surface area contributed by atoms with Gasteiger partial charge in [-0.1, -0.05) is 30.3 Å². The van der Waals surface area contributed by atoms with Crippen LogP contribution in [0.1, 0.15) is 25.5 Å². The van der Waals surface area contributed by atoms with Crippen LogP contribution >= 0.6 is 23.5 Å². The van der Waals surface area contributed by atoms with Gasteiger partial charge in [0.25, 0.3) is 0 Å². The molecule has 0 amide bonds. The number of hydrogen-bond donors (Lipinski definition) is 1. The maximum Gasteiger partial charge on any atom is 0.356 e. The minimum absolute atomic E-state index is 0.0383. The van der Waals surface area contributed by atoms with Crippen molar-refractivity contribution in [2.45, 2.75) is 20.0 Å². The largest absolute Gasteiger partial charge is 0.465 e. The predicted octanol–water partition coefficient (Wildman–Crippen LogP) is 3.43. The van der Waals surface area contributed by atoms with Gasteiger partial charge in [-0.25, -0.2) is 9.79 Å². The lowest BCUT2D eigenvalue weighted by atomic mass is 9.94. The van der Waals surface area contributed by atoms with Crippen molar-refractivity contribution in [2.24, 2.45) is 10.9 Å². The summed E-state index contributed by atoms with van der Waals surface area (Å²) in [6, 6.07) is 8.73. The zero-order valence-corrected chi connectivity index (χ0v) is 17.5. The molecule has 1 aromatic rings. The predicted molar refractivity (Wildman–Crippen MR) is 111 cm³/mol. The van der Waals surface area contributed by atoms with E-state index in [0.29, 0.717) is 9.94 Å². The number of aliphatic hydroxyl groups excluding tert-OH is 1. The molecule has 0 fully saturated rings. The number of ether oxygens (including phenoxy) is 2. The van der Waals surface area contributed by atoms with E-state index < -0.39 is 24.0 Å². The Morgan fingerprint density at radius 1 is 1.11 bits per heavy atom. The van der Waals surface area contributed by atoms with E-state index in [-0.39, 0.29) is 18.9 Å². The molecule has 0 saturated carbocycles. The fraction of sp³-hybridized carbons (Fsp3) is 0.421. The average molecular weight is 412 g/mol. The molecule has 6 nitrogen and oxygen atoms in total. The Balaban J connectivity index is 3.38. The molecule has 0 aromatic heterocycles. The molecular formula is C19H25NO5S2. The highest BCUT2D eigenvalue weighted by atomic mass is 32.2. The Labute approximate surface area is 168 Å². The number of esters is 2.